The zero-order valence-electron chi connectivity index (χ0n) is 16.3. The molecule has 1 N–H and O–H groups in total. The highest BCUT2D eigenvalue weighted by atomic mass is 16.6. The van der Waals surface area contributed by atoms with Crippen LogP contribution in [-0.2, 0) is 4.79 Å². The summed E-state index contributed by atoms with van der Waals surface area (Å²) >= 11 is 0. The van der Waals surface area contributed by atoms with Crippen LogP contribution in [0.15, 0.2) is 59.7 Å². The van der Waals surface area contributed by atoms with Crippen molar-refractivity contribution in [1.29, 1.82) is 0 Å². The molecule has 0 unspecified atom stereocenters. The number of hydrazone groups is 1. The molecule has 150 valence electrons. The molecule has 3 aromatic rings. The molecule has 0 radical (unpaired) electrons. The monoisotopic (exact) mass is 401 g/mol. The lowest BCUT2D eigenvalue weighted by Gasteiger charge is -2.19. The molecule has 0 bridgehead atoms. The van der Waals surface area contributed by atoms with E-state index in [1.54, 1.807) is 13.0 Å². The van der Waals surface area contributed by atoms with E-state index in [0.29, 0.717) is 36.0 Å². The summed E-state index contributed by atoms with van der Waals surface area (Å²) in [6.45, 7) is 2.72. The van der Waals surface area contributed by atoms with Gasteiger partial charge in [0.2, 0.25) is 0 Å². The summed E-state index contributed by atoms with van der Waals surface area (Å²) in [6, 6.07) is 16.8. The van der Waals surface area contributed by atoms with Gasteiger partial charge in [-0.25, -0.2) is 5.43 Å². The molecule has 3 aromatic carbocycles. The van der Waals surface area contributed by atoms with Gasteiger partial charge in [0.1, 0.15) is 19.8 Å². The number of hydrogen-bond acceptors (Lipinski definition) is 5. The Kier molecular flexibility index (Phi) is 4.35. The Hall–Kier alpha value is -3.87. The van der Waals surface area contributed by atoms with Crippen molar-refractivity contribution in [1.82, 2.24) is 5.43 Å². The van der Waals surface area contributed by atoms with Crippen molar-refractivity contribution < 1.29 is 19.1 Å². The van der Waals surface area contributed by atoms with Crippen LogP contribution in [-0.4, -0.2) is 37.3 Å². The molecular formula is C23H19N3O4. The Morgan fingerprint density at radius 3 is 2.67 bits per heavy atom. The number of carbonyl (C=O) groups is 2. The van der Waals surface area contributed by atoms with E-state index < -0.39 is 0 Å². The number of nitrogens with one attached hydrogen (secondary N) is 1. The van der Waals surface area contributed by atoms with Crippen molar-refractivity contribution in [3.8, 4) is 11.5 Å². The average molecular weight is 401 g/mol. The molecule has 5 rings (SSSR count). The number of anilines is 1. The smallest absolute Gasteiger partial charge is 0.260 e. The molecule has 0 atom stereocenters. The molecule has 7 nitrogen and oxygen atoms in total. The molecule has 0 aliphatic carbocycles. The van der Waals surface area contributed by atoms with Gasteiger partial charge in [0.15, 0.2) is 11.5 Å². The minimum atomic E-state index is -0.370. The van der Waals surface area contributed by atoms with Gasteiger partial charge in [-0.15, -0.1) is 0 Å². The fourth-order valence-electron chi connectivity index (χ4n) is 3.79. The third-order valence-corrected chi connectivity index (χ3v) is 5.26. The molecule has 7 heteroatoms. The summed E-state index contributed by atoms with van der Waals surface area (Å²) < 4.78 is 11.1. The van der Waals surface area contributed by atoms with Gasteiger partial charge in [0.05, 0.1) is 11.4 Å². The van der Waals surface area contributed by atoms with E-state index in [-0.39, 0.29) is 18.4 Å². The molecule has 2 amide bonds. The van der Waals surface area contributed by atoms with Crippen LogP contribution in [0.1, 0.15) is 22.8 Å². The van der Waals surface area contributed by atoms with E-state index in [2.05, 4.69) is 10.5 Å². The van der Waals surface area contributed by atoms with Gasteiger partial charge < -0.3 is 9.47 Å². The molecule has 2 aliphatic heterocycles. The zero-order valence-corrected chi connectivity index (χ0v) is 16.3. The van der Waals surface area contributed by atoms with Crippen LogP contribution < -0.4 is 19.8 Å². The second-order valence-corrected chi connectivity index (χ2v) is 7.16. The first-order chi connectivity index (χ1) is 14.6. The van der Waals surface area contributed by atoms with Crippen molar-refractivity contribution in [2.75, 3.05) is 24.7 Å². The number of rotatable bonds is 4. The molecule has 30 heavy (non-hydrogen) atoms. The first-order valence-corrected chi connectivity index (χ1v) is 9.68. The Labute approximate surface area is 172 Å². The SMILES string of the molecule is C/C(=N/NC(=O)CN1C(=O)c2cccc3cccc1c23)c1ccc2c(c1)OCCO2. The maximum atomic E-state index is 12.8. The highest BCUT2D eigenvalue weighted by Gasteiger charge is 2.30. The lowest BCUT2D eigenvalue weighted by atomic mass is 10.1. The number of amides is 2. The molecule has 0 saturated carbocycles. The second-order valence-electron chi connectivity index (χ2n) is 7.16. The molecule has 0 aromatic heterocycles. The maximum Gasteiger partial charge on any atom is 0.260 e. The molecule has 0 saturated heterocycles. The normalized spacial score (nSPS) is 14.9. The van der Waals surface area contributed by atoms with Crippen LogP contribution >= 0.6 is 0 Å². The molecule has 0 fully saturated rings. The third-order valence-electron chi connectivity index (χ3n) is 5.26. The third kappa shape index (κ3) is 3.04. The zero-order chi connectivity index (χ0) is 20.7. The summed E-state index contributed by atoms with van der Waals surface area (Å²) in [5, 5.41) is 6.05. The van der Waals surface area contributed by atoms with E-state index in [4.69, 9.17) is 9.47 Å². The molecule has 2 aliphatic rings. The molecule has 0 spiro atoms. The van der Waals surface area contributed by atoms with Crippen LogP contribution in [0, 0.1) is 0 Å². The van der Waals surface area contributed by atoms with Gasteiger partial charge in [-0.05, 0) is 42.6 Å². The summed E-state index contributed by atoms with van der Waals surface area (Å²) in [5.41, 5.74) is 5.35. The summed E-state index contributed by atoms with van der Waals surface area (Å²) in [5.74, 6) is 0.811. The topological polar surface area (TPSA) is 80.2 Å². The van der Waals surface area contributed by atoms with Gasteiger partial charge in [-0.2, -0.15) is 5.10 Å². The van der Waals surface area contributed by atoms with E-state index in [0.717, 1.165) is 22.0 Å². The first kappa shape index (κ1) is 18.2. The Morgan fingerprint density at radius 2 is 1.83 bits per heavy atom. The van der Waals surface area contributed by atoms with Crippen molar-refractivity contribution >= 4 is 34.0 Å². The number of carbonyl (C=O) groups excluding carboxylic acids is 2. The molecule has 2 heterocycles. The minimum Gasteiger partial charge on any atom is -0.486 e. The highest BCUT2D eigenvalue weighted by molar-refractivity contribution is 6.26. The lowest BCUT2D eigenvalue weighted by Crippen LogP contribution is -2.37. The van der Waals surface area contributed by atoms with Crippen LogP contribution in [0.25, 0.3) is 10.8 Å². The maximum absolute atomic E-state index is 12.8. The Balaban J connectivity index is 1.31. The number of nitrogens with zero attached hydrogens (tertiary/aromatic N) is 2. The summed E-state index contributed by atoms with van der Waals surface area (Å²) in [7, 11) is 0. The minimum absolute atomic E-state index is 0.107. The van der Waals surface area contributed by atoms with Crippen LogP contribution in [0.3, 0.4) is 0 Å². The average Bonchev–Trinajstić information content (AvgIpc) is 3.05. The van der Waals surface area contributed by atoms with E-state index in [1.165, 1.54) is 4.90 Å². The van der Waals surface area contributed by atoms with Gasteiger partial charge in [-0.1, -0.05) is 24.3 Å². The fraction of sp³-hybridized carbons (Fsp3) is 0.174. The molecular weight excluding hydrogens is 382 g/mol. The van der Waals surface area contributed by atoms with Crippen molar-refractivity contribution in [2.45, 2.75) is 6.92 Å². The van der Waals surface area contributed by atoms with Crippen molar-refractivity contribution in [2.24, 2.45) is 5.10 Å². The largest absolute Gasteiger partial charge is 0.486 e. The van der Waals surface area contributed by atoms with Gasteiger partial charge in [0.25, 0.3) is 11.8 Å². The van der Waals surface area contributed by atoms with E-state index in [9.17, 15) is 9.59 Å². The predicted octanol–water partition coefficient (Wildman–Crippen LogP) is 3.11. The van der Waals surface area contributed by atoms with E-state index in [1.807, 2.05) is 48.5 Å². The predicted molar refractivity (Wildman–Crippen MR) is 113 cm³/mol. The number of hydrogen-bond donors (Lipinski definition) is 1. The van der Waals surface area contributed by atoms with Gasteiger partial charge in [-0.3, -0.25) is 14.5 Å². The quantitative estimate of drug-likeness (QED) is 0.538. The van der Waals surface area contributed by atoms with Crippen LogP contribution in [0.2, 0.25) is 0 Å². The first-order valence-electron chi connectivity index (χ1n) is 9.68. The van der Waals surface area contributed by atoms with Crippen LogP contribution in [0.5, 0.6) is 11.5 Å². The van der Waals surface area contributed by atoms with Crippen molar-refractivity contribution in [3.05, 3.63) is 65.7 Å². The fourth-order valence-corrected chi connectivity index (χ4v) is 3.79. The van der Waals surface area contributed by atoms with Crippen molar-refractivity contribution in [3.63, 3.8) is 0 Å². The van der Waals surface area contributed by atoms with Gasteiger partial charge in [0, 0.05) is 16.5 Å². The van der Waals surface area contributed by atoms with Gasteiger partial charge >= 0.3 is 0 Å². The lowest BCUT2D eigenvalue weighted by molar-refractivity contribution is -0.119. The standard InChI is InChI=1S/C23H19N3O4/c1-14(16-8-9-19-20(12-16)30-11-10-29-19)24-25-21(27)13-26-18-7-3-5-15-4-2-6-17(22(15)18)23(26)28/h2-9,12H,10-11,13H2,1H3,(H,25,27)/b24-14-. The van der Waals surface area contributed by atoms with E-state index >= 15 is 0 Å². The Morgan fingerprint density at radius 1 is 1.07 bits per heavy atom. The summed E-state index contributed by atoms with van der Waals surface area (Å²) in [6.07, 6.45) is 0. The number of ether oxygens (including phenoxy) is 2. The van der Waals surface area contributed by atoms with Crippen LogP contribution in [0.4, 0.5) is 5.69 Å². The number of fused-ring (bicyclic) bond motifs is 1. The Bertz CT molecular complexity index is 1210. The highest BCUT2D eigenvalue weighted by Crippen LogP contribution is 2.37. The number of benzene rings is 3. The second kappa shape index (κ2) is 7.18. The summed E-state index contributed by atoms with van der Waals surface area (Å²) in [4.78, 5) is 26.8.